The number of hydrogen-bond acceptors (Lipinski definition) is 7. The van der Waals surface area contributed by atoms with E-state index < -0.39 is 4.92 Å². The van der Waals surface area contributed by atoms with Crippen LogP contribution in [0, 0.1) is 17.0 Å². The number of carbonyl (C=O) groups is 1. The van der Waals surface area contributed by atoms with Crippen molar-refractivity contribution in [3.63, 3.8) is 0 Å². The lowest BCUT2D eigenvalue weighted by atomic mass is 10.2. The van der Waals surface area contributed by atoms with Gasteiger partial charge in [0.1, 0.15) is 12.0 Å². The maximum atomic E-state index is 12.2. The number of imidazole rings is 1. The molecule has 2 aromatic heterocycles. The van der Waals surface area contributed by atoms with Crippen molar-refractivity contribution in [3.8, 4) is 0 Å². The number of piperazine rings is 1. The first-order valence-electron chi connectivity index (χ1n) is 9.78. The van der Waals surface area contributed by atoms with E-state index in [0.717, 1.165) is 38.5 Å². The summed E-state index contributed by atoms with van der Waals surface area (Å²) >= 11 is 0. The first-order chi connectivity index (χ1) is 13.9. The molecule has 0 radical (unpaired) electrons. The highest BCUT2D eigenvalue weighted by Gasteiger charge is 2.20. The topological polar surface area (TPSA) is 109 Å². The van der Waals surface area contributed by atoms with Crippen molar-refractivity contribution in [1.82, 2.24) is 24.8 Å². The molecule has 10 nitrogen and oxygen atoms in total. The molecule has 0 aromatic carbocycles. The Kier molecular flexibility index (Phi) is 6.76. The zero-order valence-electron chi connectivity index (χ0n) is 16.8. The van der Waals surface area contributed by atoms with Gasteiger partial charge in [-0.25, -0.2) is 4.98 Å². The minimum Gasteiger partial charge on any atom is -0.358 e. The van der Waals surface area contributed by atoms with Crippen molar-refractivity contribution in [3.05, 3.63) is 46.5 Å². The van der Waals surface area contributed by atoms with E-state index in [4.69, 9.17) is 0 Å². The van der Waals surface area contributed by atoms with Gasteiger partial charge < -0.3 is 24.9 Å². The summed E-state index contributed by atoms with van der Waals surface area (Å²) in [5, 5.41) is 13.8. The van der Waals surface area contributed by atoms with Gasteiger partial charge >= 0.3 is 5.82 Å². The lowest BCUT2D eigenvalue weighted by Crippen LogP contribution is -2.51. The van der Waals surface area contributed by atoms with Gasteiger partial charge in [-0.2, -0.15) is 0 Å². The minimum absolute atomic E-state index is 0.0297. The van der Waals surface area contributed by atoms with Crippen LogP contribution in [0.5, 0.6) is 0 Å². The highest BCUT2D eigenvalue weighted by molar-refractivity contribution is 5.76. The summed E-state index contributed by atoms with van der Waals surface area (Å²) in [4.78, 5) is 35.4. The van der Waals surface area contributed by atoms with Crippen LogP contribution in [-0.2, 0) is 11.3 Å². The smallest absolute Gasteiger partial charge is 0.358 e. The average molecular weight is 401 g/mol. The van der Waals surface area contributed by atoms with Crippen molar-refractivity contribution < 1.29 is 9.72 Å². The van der Waals surface area contributed by atoms with Crippen LogP contribution >= 0.6 is 0 Å². The van der Waals surface area contributed by atoms with Gasteiger partial charge in [-0.05, 0) is 29.0 Å². The number of rotatable bonds is 8. The Morgan fingerprint density at radius 2 is 2.07 bits per heavy atom. The number of nitrogens with zero attached hydrogens (tertiary/aromatic N) is 6. The minimum atomic E-state index is -0.529. The molecule has 1 aliphatic rings. The van der Waals surface area contributed by atoms with E-state index in [2.05, 4.69) is 25.1 Å². The second kappa shape index (κ2) is 9.46. The van der Waals surface area contributed by atoms with E-state index in [1.807, 2.05) is 31.3 Å². The van der Waals surface area contributed by atoms with Gasteiger partial charge in [0.25, 0.3) is 0 Å². The maximum Gasteiger partial charge on any atom is 0.381 e. The molecule has 3 rings (SSSR count). The molecule has 1 amide bonds. The number of amides is 1. The molecule has 1 aliphatic heterocycles. The molecular formula is C19H27N7O3. The van der Waals surface area contributed by atoms with Crippen molar-refractivity contribution >= 4 is 17.5 Å². The van der Waals surface area contributed by atoms with Crippen LogP contribution in [-0.4, -0.2) is 69.0 Å². The Morgan fingerprint density at radius 1 is 1.31 bits per heavy atom. The Hall–Kier alpha value is -3.01. The number of carbonyl (C=O) groups excluding carboxylic acids is 1. The Morgan fingerprint density at radius 3 is 2.69 bits per heavy atom. The molecule has 1 N–H and O–H groups in total. The van der Waals surface area contributed by atoms with Gasteiger partial charge in [-0.3, -0.25) is 9.69 Å². The Balaban J connectivity index is 1.39. The summed E-state index contributed by atoms with van der Waals surface area (Å²) in [7, 11) is 0. The summed E-state index contributed by atoms with van der Waals surface area (Å²) in [5.41, 5.74) is 0. The molecule has 1 saturated heterocycles. The lowest BCUT2D eigenvalue weighted by Gasteiger charge is -2.36. The molecule has 2 aromatic rings. The average Bonchev–Trinajstić information content (AvgIpc) is 3.08. The molecule has 29 heavy (non-hydrogen) atoms. The van der Waals surface area contributed by atoms with Gasteiger partial charge in [0, 0.05) is 64.9 Å². The van der Waals surface area contributed by atoms with Crippen LogP contribution < -0.4 is 10.2 Å². The number of nitro groups is 1. The standard InChI is InChI=1S/C19H27N7O3/c1-15(13-23-9-11-24(12-10-23)17-5-3-4-7-20-17)21-19(27)6-8-25-14-18(26(28)29)22-16(25)2/h3-5,7,14-15H,6,8-13H2,1-2H3,(H,21,27). The highest BCUT2D eigenvalue weighted by atomic mass is 16.6. The van der Waals surface area contributed by atoms with E-state index in [0.29, 0.717) is 12.4 Å². The van der Waals surface area contributed by atoms with Crippen LogP contribution in [0.15, 0.2) is 30.6 Å². The second-order valence-electron chi connectivity index (χ2n) is 7.29. The fourth-order valence-corrected chi connectivity index (χ4v) is 3.51. The third-order valence-electron chi connectivity index (χ3n) is 5.02. The van der Waals surface area contributed by atoms with E-state index in [-0.39, 0.29) is 24.2 Å². The Bertz CT molecular complexity index is 832. The maximum absolute atomic E-state index is 12.2. The third kappa shape index (κ3) is 5.74. The summed E-state index contributed by atoms with van der Waals surface area (Å²) in [6.07, 6.45) is 3.43. The molecule has 0 spiro atoms. The van der Waals surface area contributed by atoms with E-state index in [9.17, 15) is 14.9 Å². The van der Waals surface area contributed by atoms with E-state index >= 15 is 0 Å². The SMILES string of the molecule is Cc1nc([N+](=O)[O-])cn1CCC(=O)NC(C)CN1CCN(c2ccccn2)CC1. The number of anilines is 1. The molecule has 156 valence electrons. The van der Waals surface area contributed by atoms with Crippen LogP contribution in [0.25, 0.3) is 0 Å². The van der Waals surface area contributed by atoms with Crippen molar-refractivity contribution in [1.29, 1.82) is 0 Å². The first-order valence-corrected chi connectivity index (χ1v) is 9.78. The zero-order chi connectivity index (χ0) is 20.8. The van der Waals surface area contributed by atoms with Gasteiger partial charge in [0.2, 0.25) is 11.7 Å². The third-order valence-corrected chi connectivity index (χ3v) is 5.02. The molecule has 0 aliphatic carbocycles. The van der Waals surface area contributed by atoms with E-state index in [1.54, 1.807) is 11.5 Å². The van der Waals surface area contributed by atoms with Gasteiger partial charge in [0.05, 0.1) is 0 Å². The molecule has 1 atom stereocenters. The van der Waals surface area contributed by atoms with Gasteiger partial charge in [-0.1, -0.05) is 6.07 Å². The van der Waals surface area contributed by atoms with Crippen LogP contribution in [0.4, 0.5) is 11.6 Å². The molecule has 10 heteroatoms. The number of nitrogens with one attached hydrogen (secondary N) is 1. The van der Waals surface area contributed by atoms with Crippen molar-refractivity contribution in [2.45, 2.75) is 32.9 Å². The number of pyridine rings is 1. The van der Waals surface area contributed by atoms with E-state index in [1.165, 1.54) is 6.20 Å². The second-order valence-corrected chi connectivity index (χ2v) is 7.29. The highest BCUT2D eigenvalue weighted by Crippen LogP contribution is 2.13. The number of aromatic nitrogens is 3. The summed E-state index contributed by atoms with van der Waals surface area (Å²) in [6.45, 7) is 8.52. The van der Waals surface area contributed by atoms with Gasteiger partial charge in [0.15, 0.2) is 0 Å². The fourth-order valence-electron chi connectivity index (χ4n) is 3.51. The number of hydrogen-bond donors (Lipinski definition) is 1. The normalized spacial score (nSPS) is 15.9. The first kappa shape index (κ1) is 20.7. The van der Waals surface area contributed by atoms with Gasteiger partial charge in [-0.15, -0.1) is 0 Å². The Labute approximate surface area is 169 Å². The molecular weight excluding hydrogens is 374 g/mol. The quantitative estimate of drug-likeness (QED) is 0.523. The van der Waals surface area contributed by atoms with Crippen LogP contribution in [0.1, 0.15) is 19.2 Å². The summed E-state index contributed by atoms with van der Waals surface area (Å²) < 4.78 is 1.64. The summed E-state index contributed by atoms with van der Waals surface area (Å²) in [6, 6.07) is 5.96. The van der Waals surface area contributed by atoms with Crippen molar-refractivity contribution in [2.75, 3.05) is 37.6 Å². The molecule has 3 heterocycles. The zero-order valence-corrected chi connectivity index (χ0v) is 16.8. The number of aryl methyl sites for hydroxylation is 2. The summed E-state index contributed by atoms with van der Waals surface area (Å²) in [5.74, 6) is 1.27. The molecule has 0 saturated carbocycles. The van der Waals surface area contributed by atoms with Crippen LogP contribution in [0.3, 0.4) is 0 Å². The van der Waals surface area contributed by atoms with Crippen LogP contribution in [0.2, 0.25) is 0 Å². The fraction of sp³-hybridized carbons (Fsp3) is 0.526. The lowest BCUT2D eigenvalue weighted by molar-refractivity contribution is -0.389. The predicted octanol–water partition coefficient (Wildman–Crippen LogP) is 1.21. The predicted molar refractivity (Wildman–Crippen MR) is 109 cm³/mol. The molecule has 0 bridgehead atoms. The monoisotopic (exact) mass is 401 g/mol. The largest absolute Gasteiger partial charge is 0.381 e. The van der Waals surface area contributed by atoms with Crippen molar-refractivity contribution in [2.24, 2.45) is 0 Å². The molecule has 1 unspecified atom stereocenters. The molecule has 1 fully saturated rings.